The second-order valence-electron chi connectivity index (χ2n) is 5.50. The van der Waals surface area contributed by atoms with Gasteiger partial charge in [0.15, 0.2) is 0 Å². The Morgan fingerprint density at radius 3 is 2.57 bits per heavy atom. The maximum atomic E-state index is 11.1. The third-order valence-electron chi connectivity index (χ3n) is 4.08. The second-order valence-corrected chi connectivity index (χ2v) is 5.50. The number of esters is 1. The number of benzene rings is 1. The van der Waals surface area contributed by atoms with E-state index in [1.165, 1.54) is 12.5 Å². The predicted octanol–water partition coefficient (Wildman–Crippen LogP) is -0.251. The summed E-state index contributed by atoms with van der Waals surface area (Å²) in [6.45, 7) is 2.11. The molecule has 2 aliphatic carbocycles. The Hall–Kier alpha value is -0.125. The average Bonchev–Trinajstić information content (AvgIpc) is 2.96. The summed E-state index contributed by atoms with van der Waals surface area (Å²) in [5.41, 5.74) is 1.19. The molecule has 3 rings (SSSR count). The van der Waals surface area contributed by atoms with Crippen molar-refractivity contribution in [2.24, 2.45) is 11.8 Å². The molecule has 4 atom stereocenters. The molecule has 0 heterocycles. The smallest absolute Gasteiger partial charge is 1.00 e. The average molecular weight is 495 g/mol. The Balaban J connectivity index is 0.00000110. The van der Waals surface area contributed by atoms with Gasteiger partial charge in [-0.15, -0.1) is 0 Å². The number of carbonyl (C=O) groups excluding carboxylic acids is 1. The van der Waals surface area contributed by atoms with Crippen LogP contribution in [0, 0.1) is 18.3 Å². The minimum absolute atomic E-state index is 0. The second kappa shape index (κ2) is 8.49. The van der Waals surface area contributed by atoms with Gasteiger partial charge in [-0.1, -0.05) is 30.3 Å². The third-order valence-corrected chi connectivity index (χ3v) is 4.08. The van der Waals surface area contributed by atoms with Crippen molar-refractivity contribution in [1.82, 2.24) is 0 Å². The van der Waals surface area contributed by atoms with Crippen molar-refractivity contribution < 1.29 is 54.3 Å². The number of ether oxygens (including phenoxy) is 2. The molecule has 1 aromatic carbocycles. The molecule has 3 nitrogen and oxygen atoms in total. The first kappa shape index (κ1) is 18.9. The van der Waals surface area contributed by atoms with Gasteiger partial charge in [-0.25, -0.2) is 0 Å². The summed E-state index contributed by atoms with van der Waals surface area (Å²) < 4.78 is 11.4. The van der Waals surface area contributed by atoms with Crippen molar-refractivity contribution in [2.75, 3.05) is 0 Å². The van der Waals surface area contributed by atoms with Crippen LogP contribution >= 0.6 is 0 Å². The first-order chi connectivity index (χ1) is 9.22. The molecule has 0 aromatic heterocycles. The molecule has 2 aliphatic rings. The van der Waals surface area contributed by atoms with Gasteiger partial charge in [0.2, 0.25) is 0 Å². The zero-order chi connectivity index (χ0) is 13.2. The van der Waals surface area contributed by atoms with Crippen LogP contribution in [0.4, 0.5) is 0 Å². The van der Waals surface area contributed by atoms with Crippen molar-refractivity contribution in [3.05, 3.63) is 42.3 Å². The standard InChI is InChI=1S/C16H19O3.ClH.Hg/c1-11(17)19-16-9-13-7-14(16)15(8-13)18-10-12-5-3-2-4-6-12;;/h2-6,9,13-16H,7-8,10H2,1H3;1H;/q;;+1/p-1/t13-,14+,15+,16-;;/m0../s1. The molecule has 0 spiro atoms. The summed E-state index contributed by atoms with van der Waals surface area (Å²) >= 11 is 0. The monoisotopic (exact) mass is 496 g/mol. The Morgan fingerprint density at radius 1 is 1.24 bits per heavy atom. The molecule has 110 valence electrons. The van der Waals surface area contributed by atoms with Gasteiger partial charge in [-0.05, 0) is 24.3 Å². The third kappa shape index (κ3) is 4.67. The van der Waals surface area contributed by atoms with Crippen molar-refractivity contribution in [3.8, 4) is 0 Å². The number of fused-ring (bicyclic) bond motifs is 2. The van der Waals surface area contributed by atoms with Crippen molar-refractivity contribution in [2.45, 2.75) is 38.6 Å². The van der Waals surface area contributed by atoms with E-state index in [-0.39, 0.29) is 58.3 Å². The minimum Gasteiger partial charge on any atom is -1.00 e. The van der Waals surface area contributed by atoms with E-state index in [1.54, 1.807) is 0 Å². The van der Waals surface area contributed by atoms with E-state index in [0.29, 0.717) is 18.4 Å². The number of hydrogen-bond donors (Lipinski definition) is 0. The van der Waals surface area contributed by atoms with Crippen molar-refractivity contribution in [1.29, 1.82) is 0 Å². The fourth-order valence-electron chi connectivity index (χ4n) is 3.27. The zero-order valence-corrected chi connectivity index (χ0v) is 18.5. The van der Waals surface area contributed by atoms with Crippen LogP contribution in [0.2, 0.25) is 0 Å². The fraction of sp³-hybridized carbons (Fsp3) is 0.500. The van der Waals surface area contributed by atoms with Gasteiger partial charge in [-0.2, -0.15) is 0 Å². The summed E-state index contributed by atoms with van der Waals surface area (Å²) in [5.74, 6) is 0.698. The van der Waals surface area contributed by atoms with E-state index < -0.39 is 0 Å². The summed E-state index contributed by atoms with van der Waals surface area (Å²) in [5, 5.41) is 0. The molecule has 0 amide bonds. The van der Waals surface area contributed by atoms with Crippen LogP contribution in [0.1, 0.15) is 25.3 Å². The van der Waals surface area contributed by atoms with Crippen LogP contribution in [-0.4, -0.2) is 18.2 Å². The maximum absolute atomic E-state index is 11.1. The van der Waals surface area contributed by atoms with E-state index >= 15 is 0 Å². The van der Waals surface area contributed by atoms with Crippen LogP contribution in [0.25, 0.3) is 0 Å². The minimum atomic E-state index is -0.199. The maximum Gasteiger partial charge on any atom is 1.00 e. The molecular formula is C16H19ClHgO3. The largest absolute Gasteiger partial charge is 1.00 e. The van der Waals surface area contributed by atoms with E-state index in [2.05, 4.69) is 18.6 Å². The summed E-state index contributed by atoms with van der Waals surface area (Å²) in [6.07, 6.45) is 4.51. The van der Waals surface area contributed by atoms with Gasteiger partial charge in [-0.3, -0.25) is 4.79 Å². The van der Waals surface area contributed by atoms with Gasteiger partial charge in [0, 0.05) is 19.3 Å². The van der Waals surface area contributed by atoms with Crippen LogP contribution in [0.3, 0.4) is 0 Å². The number of carbonyl (C=O) groups is 1. The zero-order valence-electron chi connectivity index (χ0n) is 12.2. The fourth-order valence-corrected chi connectivity index (χ4v) is 3.27. The van der Waals surface area contributed by atoms with Gasteiger partial charge in [0.05, 0.1) is 12.7 Å². The molecule has 2 saturated carbocycles. The molecule has 0 unspecified atom stereocenters. The number of halogens is 1. The topological polar surface area (TPSA) is 35.5 Å². The van der Waals surface area contributed by atoms with Crippen LogP contribution in [0.15, 0.2) is 30.3 Å². The van der Waals surface area contributed by atoms with Gasteiger partial charge in [0.1, 0.15) is 6.10 Å². The van der Waals surface area contributed by atoms with Crippen molar-refractivity contribution in [3.63, 3.8) is 0 Å². The molecule has 5 heteroatoms. The van der Waals surface area contributed by atoms with Crippen molar-refractivity contribution >= 4 is 5.97 Å². The molecular weight excluding hydrogens is 476 g/mol. The normalized spacial score (nSPS) is 29.4. The molecule has 0 saturated heterocycles. The van der Waals surface area contributed by atoms with Crippen LogP contribution < -0.4 is 12.4 Å². The van der Waals surface area contributed by atoms with E-state index in [1.807, 2.05) is 18.2 Å². The van der Waals surface area contributed by atoms with Crippen LogP contribution in [-0.2, 0) is 48.5 Å². The van der Waals surface area contributed by atoms with Gasteiger partial charge >= 0.3 is 33.6 Å². The van der Waals surface area contributed by atoms with Gasteiger partial charge < -0.3 is 21.9 Å². The van der Waals surface area contributed by atoms with Gasteiger partial charge in [0.25, 0.3) is 0 Å². The molecule has 2 radical (unpaired) electrons. The molecule has 2 fully saturated rings. The molecule has 2 bridgehead atoms. The first-order valence-corrected chi connectivity index (χ1v) is 6.90. The summed E-state index contributed by atoms with van der Waals surface area (Å²) in [6, 6.07) is 10.2. The number of rotatable bonds is 4. The Kier molecular flexibility index (Phi) is 7.65. The van der Waals surface area contributed by atoms with E-state index in [4.69, 9.17) is 9.47 Å². The van der Waals surface area contributed by atoms with E-state index in [9.17, 15) is 4.79 Å². The predicted molar refractivity (Wildman–Crippen MR) is 71.1 cm³/mol. The number of hydrogen-bond acceptors (Lipinski definition) is 3. The Bertz CT molecular complexity index is 454. The van der Waals surface area contributed by atoms with Crippen LogP contribution in [0.5, 0.6) is 0 Å². The van der Waals surface area contributed by atoms with E-state index in [0.717, 1.165) is 12.8 Å². The Morgan fingerprint density at radius 2 is 1.95 bits per heavy atom. The Labute approximate surface area is 152 Å². The summed E-state index contributed by atoms with van der Waals surface area (Å²) in [4.78, 5) is 11.1. The quantitative estimate of drug-likeness (QED) is 0.427. The molecule has 21 heavy (non-hydrogen) atoms. The molecule has 1 aromatic rings. The first-order valence-electron chi connectivity index (χ1n) is 6.90. The molecule has 0 N–H and O–H groups in total. The molecule has 0 aliphatic heterocycles. The SMILES string of the molecule is CC(=O)O[C@H]1[CH][C@H]2C[C@@H]1[C@H](OCc1ccccc1)C2.[Cl-].[Hg+]. The summed E-state index contributed by atoms with van der Waals surface area (Å²) in [7, 11) is 0.